The number of amides is 1. The van der Waals surface area contributed by atoms with E-state index in [9.17, 15) is 4.79 Å². The van der Waals surface area contributed by atoms with Crippen molar-refractivity contribution in [2.75, 3.05) is 6.54 Å². The lowest BCUT2D eigenvalue weighted by molar-refractivity contribution is -0.120. The van der Waals surface area contributed by atoms with E-state index in [2.05, 4.69) is 25.1 Å². The minimum absolute atomic E-state index is 0.0464. The van der Waals surface area contributed by atoms with Gasteiger partial charge in [-0.1, -0.05) is 18.7 Å². The van der Waals surface area contributed by atoms with E-state index in [1.807, 2.05) is 26.0 Å². The molecule has 1 amide bonds. The van der Waals surface area contributed by atoms with Crippen molar-refractivity contribution < 1.29 is 4.79 Å². The molecular formula is C16H21N5OS. The summed E-state index contributed by atoms with van der Waals surface area (Å²) in [5.41, 5.74) is 0.960. The highest BCUT2D eigenvalue weighted by Crippen LogP contribution is 2.41. The number of nitrogens with one attached hydrogen (secondary N) is 1. The first-order valence-corrected chi connectivity index (χ1v) is 8.88. The molecule has 23 heavy (non-hydrogen) atoms. The molecule has 1 N–H and O–H groups in total. The van der Waals surface area contributed by atoms with Crippen molar-refractivity contribution in [3.63, 3.8) is 0 Å². The second kappa shape index (κ2) is 7.12. The molecule has 0 aromatic carbocycles. The Morgan fingerprint density at radius 2 is 2.30 bits per heavy atom. The van der Waals surface area contributed by atoms with Crippen LogP contribution in [0.15, 0.2) is 29.7 Å². The van der Waals surface area contributed by atoms with Gasteiger partial charge < -0.3 is 5.32 Å². The molecule has 3 rings (SSSR count). The number of carbonyl (C=O) groups excluding carboxylic acids is 1. The van der Waals surface area contributed by atoms with E-state index >= 15 is 0 Å². The molecule has 0 unspecified atom stereocenters. The highest BCUT2D eigenvalue weighted by atomic mass is 32.2. The zero-order valence-corrected chi connectivity index (χ0v) is 14.2. The number of rotatable bonds is 7. The number of carbonyl (C=O) groups is 1. The van der Waals surface area contributed by atoms with E-state index in [4.69, 9.17) is 0 Å². The van der Waals surface area contributed by atoms with Gasteiger partial charge in [0, 0.05) is 30.5 Å². The molecule has 0 bridgehead atoms. The molecule has 1 fully saturated rings. The standard InChI is InChI=1S/C16H21N5OS/c1-3-8-18-15(22)11(2)23-16-20-19-14(21(16)13-6-7-13)12-5-4-9-17-10-12/h4-5,9-11,13H,3,6-8H2,1-2H3,(H,18,22)/t11-/m0/s1. The van der Waals surface area contributed by atoms with Crippen LogP contribution in [0.2, 0.25) is 0 Å². The van der Waals surface area contributed by atoms with Gasteiger partial charge in [0.2, 0.25) is 5.91 Å². The van der Waals surface area contributed by atoms with Gasteiger partial charge in [-0.25, -0.2) is 0 Å². The lowest BCUT2D eigenvalue weighted by Crippen LogP contribution is -2.31. The van der Waals surface area contributed by atoms with Crippen molar-refractivity contribution >= 4 is 17.7 Å². The maximum atomic E-state index is 12.1. The van der Waals surface area contributed by atoms with Gasteiger partial charge in [0.05, 0.1) is 5.25 Å². The first kappa shape index (κ1) is 16.0. The fourth-order valence-corrected chi connectivity index (χ4v) is 3.26. The van der Waals surface area contributed by atoms with Crippen LogP contribution in [0.4, 0.5) is 0 Å². The fraction of sp³-hybridized carbons (Fsp3) is 0.500. The summed E-state index contributed by atoms with van der Waals surface area (Å²) in [7, 11) is 0. The Morgan fingerprint density at radius 1 is 1.48 bits per heavy atom. The third-order valence-corrected chi connectivity index (χ3v) is 4.75. The lowest BCUT2D eigenvalue weighted by Gasteiger charge is -2.13. The van der Waals surface area contributed by atoms with Crippen molar-refractivity contribution in [1.29, 1.82) is 0 Å². The Labute approximate surface area is 140 Å². The summed E-state index contributed by atoms with van der Waals surface area (Å²) in [5, 5.41) is 12.2. The molecule has 1 aliphatic rings. The van der Waals surface area contributed by atoms with Crippen LogP contribution in [0.25, 0.3) is 11.4 Å². The zero-order valence-electron chi connectivity index (χ0n) is 13.4. The van der Waals surface area contributed by atoms with Gasteiger partial charge in [-0.2, -0.15) is 0 Å². The Bertz CT molecular complexity index is 668. The van der Waals surface area contributed by atoms with Gasteiger partial charge in [0.25, 0.3) is 0 Å². The van der Waals surface area contributed by atoms with Crippen molar-refractivity contribution in [3.8, 4) is 11.4 Å². The lowest BCUT2D eigenvalue weighted by atomic mass is 10.3. The molecule has 0 radical (unpaired) electrons. The summed E-state index contributed by atoms with van der Waals surface area (Å²) in [4.78, 5) is 16.2. The summed E-state index contributed by atoms with van der Waals surface area (Å²) in [5.74, 6) is 0.884. The predicted molar refractivity (Wildman–Crippen MR) is 90.1 cm³/mol. The van der Waals surface area contributed by atoms with Crippen LogP contribution in [0, 0.1) is 0 Å². The SMILES string of the molecule is CCCNC(=O)[C@H](C)Sc1nnc(-c2cccnc2)n1C1CC1. The zero-order chi connectivity index (χ0) is 16.2. The van der Waals surface area contributed by atoms with Gasteiger partial charge in [-0.15, -0.1) is 10.2 Å². The number of thioether (sulfide) groups is 1. The molecule has 2 aromatic rings. The maximum absolute atomic E-state index is 12.1. The normalized spacial score (nSPS) is 15.4. The van der Waals surface area contributed by atoms with Crippen molar-refractivity contribution in [3.05, 3.63) is 24.5 Å². The summed E-state index contributed by atoms with van der Waals surface area (Å²) >= 11 is 1.47. The molecule has 1 aliphatic carbocycles. The van der Waals surface area contributed by atoms with Crippen LogP contribution in [-0.4, -0.2) is 37.5 Å². The maximum Gasteiger partial charge on any atom is 0.233 e. The van der Waals surface area contributed by atoms with Gasteiger partial charge in [-0.3, -0.25) is 14.3 Å². The molecule has 1 atom stereocenters. The van der Waals surface area contributed by atoms with Gasteiger partial charge >= 0.3 is 0 Å². The smallest absolute Gasteiger partial charge is 0.233 e. The van der Waals surface area contributed by atoms with Crippen LogP contribution in [0.5, 0.6) is 0 Å². The quantitative estimate of drug-likeness (QED) is 0.790. The molecule has 1 saturated carbocycles. The largest absolute Gasteiger partial charge is 0.355 e. The molecule has 0 saturated heterocycles. The summed E-state index contributed by atoms with van der Waals surface area (Å²) in [6.07, 6.45) is 6.75. The molecule has 2 heterocycles. The third-order valence-electron chi connectivity index (χ3n) is 3.70. The monoisotopic (exact) mass is 331 g/mol. The van der Waals surface area contributed by atoms with Crippen LogP contribution in [-0.2, 0) is 4.79 Å². The van der Waals surface area contributed by atoms with Crippen LogP contribution >= 0.6 is 11.8 Å². The van der Waals surface area contributed by atoms with Crippen molar-refractivity contribution in [2.45, 2.75) is 49.6 Å². The number of aromatic nitrogens is 4. The van der Waals surface area contributed by atoms with E-state index in [0.717, 1.165) is 35.8 Å². The van der Waals surface area contributed by atoms with Crippen LogP contribution in [0.3, 0.4) is 0 Å². The first-order valence-electron chi connectivity index (χ1n) is 8.00. The second-order valence-electron chi connectivity index (χ2n) is 5.70. The predicted octanol–water partition coefficient (Wildman–Crippen LogP) is 2.68. The molecule has 0 aliphatic heterocycles. The van der Waals surface area contributed by atoms with Crippen LogP contribution in [0.1, 0.15) is 39.2 Å². The summed E-state index contributed by atoms with van der Waals surface area (Å²) in [6.45, 7) is 4.66. The van der Waals surface area contributed by atoms with Gasteiger partial charge in [0.1, 0.15) is 0 Å². The molecule has 6 nitrogen and oxygen atoms in total. The molecular weight excluding hydrogens is 310 g/mol. The molecule has 2 aromatic heterocycles. The summed E-state index contributed by atoms with van der Waals surface area (Å²) < 4.78 is 2.16. The summed E-state index contributed by atoms with van der Waals surface area (Å²) in [6, 6.07) is 4.32. The molecule has 122 valence electrons. The Kier molecular flexibility index (Phi) is 4.95. The second-order valence-corrected chi connectivity index (χ2v) is 7.01. The van der Waals surface area contributed by atoms with Gasteiger partial charge in [0.15, 0.2) is 11.0 Å². The highest BCUT2D eigenvalue weighted by molar-refractivity contribution is 8.00. The first-order chi connectivity index (χ1) is 11.2. The minimum Gasteiger partial charge on any atom is -0.355 e. The number of hydrogen-bond acceptors (Lipinski definition) is 5. The molecule has 7 heteroatoms. The van der Waals surface area contributed by atoms with Crippen LogP contribution < -0.4 is 5.32 Å². The van der Waals surface area contributed by atoms with Crippen molar-refractivity contribution in [1.82, 2.24) is 25.1 Å². The van der Waals surface area contributed by atoms with E-state index in [1.54, 1.807) is 12.4 Å². The van der Waals surface area contributed by atoms with E-state index < -0.39 is 0 Å². The Hall–Kier alpha value is -1.89. The van der Waals surface area contributed by atoms with E-state index in [1.165, 1.54) is 11.8 Å². The number of hydrogen-bond donors (Lipinski definition) is 1. The minimum atomic E-state index is -0.190. The highest BCUT2D eigenvalue weighted by Gasteiger charge is 2.31. The number of pyridine rings is 1. The van der Waals surface area contributed by atoms with Crippen molar-refractivity contribution in [2.24, 2.45) is 0 Å². The Morgan fingerprint density at radius 3 is 2.96 bits per heavy atom. The number of nitrogens with zero attached hydrogens (tertiary/aromatic N) is 4. The molecule has 0 spiro atoms. The Balaban J connectivity index is 1.80. The topological polar surface area (TPSA) is 72.7 Å². The average molecular weight is 331 g/mol. The third kappa shape index (κ3) is 3.72. The average Bonchev–Trinajstić information content (AvgIpc) is 3.34. The van der Waals surface area contributed by atoms with Gasteiger partial charge in [-0.05, 0) is 38.3 Å². The van der Waals surface area contributed by atoms with E-state index in [-0.39, 0.29) is 11.2 Å². The fourth-order valence-electron chi connectivity index (χ4n) is 2.31. The van der Waals surface area contributed by atoms with E-state index in [0.29, 0.717) is 12.6 Å².